The quantitative estimate of drug-likeness (QED) is 0.372. The molecule has 0 aliphatic heterocycles. The predicted molar refractivity (Wildman–Crippen MR) is 117 cm³/mol. The second kappa shape index (κ2) is 9.33. The van der Waals surface area contributed by atoms with Gasteiger partial charge in [0, 0.05) is 25.5 Å². The van der Waals surface area contributed by atoms with Crippen molar-refractivity contribution in [1.29, 1.82) is 0 Å². The van der Waals surface area contributed by atoms with Crippen LogP contribution in [-0.4, -0.2) is 35.4 Å². The van der Waals surface area contributed by atoms with Gasteiger partial charge in [-0.2, -0.15) is 8.78 Å². The molecule has 0 spiro atoms. The lowest BCUT2D eigenvalue weighted by molar-refractivity contribution is 0.00751. The smallest absolute Gasteiger partial charge is 0.249 e. The molecule has 2 aromatic carbocycles. The molecule has 1 N–H and O–H groups in total. The Balaban J connectivity index is 1.58. The SMILES string of the molecule is CCCCCn1nc(C(C)(F)F)nc1Cc1ccc(-c2ccccc2-c2nnn[nH]2)cc1. The lowest BCUT2D eigenvalue weighted by atomic mass is 9.98. The minimum Gasteiger partial charge on any atom is -0.249 e. The molecule has 7 nitrogen and oxygen atoms in total. The molecule has 0 fully saturated rings. The van der Waals surface area contributed by atoms with E-state index in [0.29, 0.717) is 24.6 Å². The third-order valence-electron chi connectivity index (χ3n) is 5.27. The van der Waals surface area contributed by atoms with Crippen molar-refractivity contribution in [3.05, 3.63) is 65.7 Å². The fraction of sp³-hybridized carbons (Fsp3) is 0.348. The number of unbranched alkanes of at least 4 members (excludes halogenated alkanes) is 2. The van der Waals surface area contributed by atoms with Gasteiger partial charge in [-0.05, 0) is 33.5 Å². The topological polar surface area (TPSA) is 85.2 Å². The second-order valence-electron chi connectivity index (χ2n) is 7.84. The summed E-state index contributed by atoms with van der Waals surface area (Å²) in [6, 6.07) is 15.8. The summed E-state index contributed by atoms with van der Waals surface area (Å²) in [5.41, 5.74) is 3.87. The molecule has 9 heteroatoms. The molecule has 32 heavy (non-hydrogen) atoms. The highest BCUT2D eigenvalue weighted by Gasteiger charge is 2.31. The number of tetrazole rings is 1. The Morgan fingerprint density at radius 3 is 2.41 bits per heavy atom. The summed E-state index contributed by atoms with van der Waals surface area (Å²) in [6.45, 7) is 3.52. The summed E-state index contributed by atoms with van der Waals surface area (Å²) < 4.78 is 29.3. The first-order valence-electron chi connectivity index (χ1n) is 10.7. The maximum absolute atomic E-state index is 13.8. The molecule has 0 radical (unpaired) electrons. The predicted octanol–water partition coefficient (Wildman–Crippen LogP) is 5.02. The molecule has 4 aromatic rings. The van der Waals surface area contributed by atoms with Gasteiger partial charge in [-0.3, -0.25) is 0 Å². The van der Waals surface area contributed by atoms with Crippen LogP contribution in [-0.2, 0) is 18.9 Å². The molecule has 4 rings (SSSR count). The molecule has 0 saturated carbocycles. The van der Waals surface area contributed by atoms with E-state index in [1.165, 1.54) is 0 Å². The van der Waals surface area contributed by atoms with Gasteiger partial charge >= 0.3 is 5.92 Å². The van der Waals surface area contributed by atoms with Gasteiger partial charge < -0.3 is 0 Å². The third-order valence-corrected chi connectivity index (χ3v) is 5.27. The van der Waals surface area contributed by atoms with Gasteiger partial charge in [0.25, 0.3) is 0 Å². The van der Waals surface area contributed by atoms with Crippen molar-refractivity contribution >= 4 is 0 Å². The maximum Gasteiger partial charge on any atom is 0.305 e. The average Bonchev–Trinajstić information content (AvgIpc) is 3.45. The maximum atomic E-state index is 13.8. The van der Waals surface area contributed by atoms with Gasteiger partial charge in [0.05, 0.1) is 0 Å². The Morgan fingerprint density at radius 1 is 1.00 bits per heavy atom. The monoisotopic (exact) mass is 437 g/mol. The third kappa shape index (κ3) is 4.87. The van der Waals surface area contributed by atoms with Crippen LogP contribution in [0.15, 0.2) is 48.5 Å². The van der Waals surface area contributed by atoms with Crippen LogP contribution in [0.1, 0.15) is 50.3 Å². The Labute approximate surface area is 184 Å². The molecule has 0 aliphatic carbocycles. The number of benzene rings is 2. The number of aromatic nitrogens is 7. The molecule has 2 heterocycles. The zero-order valence-corrected chi connectivity index (χ0v) is 18.1. The molecule has 0 atom stereocenters. The number of nitrogens with one attached hydrogen (secondary N) is 1. The van der Waals surface area contributed by atoms with Crippen LogP contribution in [0.4, 0.5) is 8.78 Å². The summed E-state index contributed by atoms with van der Waals surface area (Å²) in [7, 11) is 0. The van der Waals surface area contributed by atoms with Gasteiger partial charge in [-0.1, -0.05) is 68.3 Å². The average molecular weight is 437 g/mol. The molecule has 166 valence electrons. The fourth-order valence-corrected chi connectivity index (χ4v) is 3.58. The van der Waals surface area contributed by atoms with Crippen molar-refractivity contribution in [3.8, 4) is 22.5 Å². The Kier molecular flexibility index (Phi) is 6.34. The second-order valence-corrected chi connectivity index (χ2v) is 7.84. The lowest BCUT2D eigenvalue weighted by Crippen LogP contribution is -2.11. The van der Waals surface area contributed by atoms with Gasteiger partial charge in [-0.25, -0.2) is 14.8 Å². The lowest BCUT2D eigenvalue weighted by Gasteiger charge is -2.09. The zero-order chi connectivity index (χ0) is 22.6. The van der Waals surface area contributed by atoms with E-state index in [1.807, 2.05) is 48.5 Å². The molecule has 0 bridgehead atoms. The van der Waals surface area contributed by atoms with Crippen LogP contribution in [0.5, 0.6) is 0 Å². The van der Waals surface area contributed by atoms with Crippen molar-refractivity contribution in [2.24, 2.45) is 0 Å². The van der Waals surface area contributed by atoms with Crippen LogP contribution >= 0.6 is 0 Å². The number of halogens is 2. The molecular formula is C23H25F2N7. The number of aryl methyl sites for hydroxylation is 1. The van der Waals surface area contributed by atoms with E-state index >= 15 is 0 Å². The van der Waals surface area contributed by atoms with E-state index in [9.17, 15) is 8.78 Å². The summed E-state index contributed by atoms with van der Waals surface area (Å²) in [4.78, 5) is 4.16. The van der Waals surface area contributed by atoms with E-state index in [0.717, 1.165) is 48.4 Å². The van der Waals surface area contributed by atoms with E-state index in [2.05, 4.69) is 37.6 Å². The highest BCUT2D eigenvalue weighted by Crippen LogP contribution is 2.30. The standard InChI is InChI=1S/C23H25F2N7/c1-3-4-7-14-32-20(26-22(29-32)23(2,24)25)15-16-10-12-17(13-11-16)18-8-5-6-9-19(18)21-27-30-31-28-21/h5-6,8-13H,3-4,7,14-15H2,1-2H3,(H,27,28,30,31). The van der Waals surface area contributed by atoms with Gasteiger partial charge in [0.15, 0.2) is 5.82 Å². The molecule has 2 aromatic heterocycles. The Hall–Kier alpha value is -3.49. The van der Waals surface area contributed by atoms with Crippen molar-refractivity contribution < 1.29 is 8.78 Å². The fourth-order valence-electron chi connectivity index (χ4n) is 3.58. The summed E-state index contributed by atoms with van der Waals surface area (Å²) in [5, 5.41) is 18.2. The Morgan fingerprint density at radius 2 is 1.75 bits per heavy atom. The van der Waals surface area contributed by atoms with E-state index in [4.69, 9.17) is 0 Å². The van der Waals surface area contributed by atoms with E-state index < -0.39 is 11.7 Å². The minimum atomic E-state index is -3.06. The highest BCUT2D eigenvalue weighted by atomic mass is 19.3. The van der Waals surface area contributed by atoms with Crippen molar-refractivity contribution in [2.75, 3.05) is 0 Å². The van der Waals surface area contributed by atoms with Crippen LogP contribution in [0.25, 0.3) is 22.5 Å². The van der Waals surface area contributed by atoms with Crippen molar-refractivity contribution in [1.82, 2.24) is 35.4 Å². The molecule has 0 aliphatic rings. The number of H-pyrrole nitrogens is 1. The molecule has 0 saturated heterocycles. The number of alkyl halides is 2. The molecule has 0 unspecified atom stereocenters. The van der Waals surface area contributed by atoms with Crippen molar-refractivity contribution in [2.45, 2.75) is 52.0 Å². The first kappa shape index (κ1) is 21.7. The summed E-state index contributed by atoms with van der Waals surface area (Å²) in [5.74, 6) is -2.33. The largest absolute Gasteiger partial charge is 0.305 e. The van der Waals surface area contributed by atoms with Gasteiger partial charge in [-0.15, -0.1) is 10.2 Å². The normalized spacial score (nSPS) is 11.8. The van der Waals surface area contributed by atoms with Gasteiger partial charge in [0.1, 0.15) is 5.82 Å². The number of hydrogen-bond acceptors (Lipinski definition) is 5. The van der Waals surface area contributed by atoms with E-state index in [-0.39, 0.29) is 0 Å². The van der Waals surface area contributed by atoms with Crippen molar-refractivity contribution in [3.63, 3.8) is 0 Å². The first-order chi connectivity index (χ1) is 15.5. The van der Waals surface area contributed by atoms with E-state index in [1.54, 1.807) is 4.68 Å². The minimum absolute atomic E-state index is 0.421. The summed E-state index contributed by atoms with van der Waals surface area (Å²) >= 11 is 0. The zero-order valence-electron chi connectivity index (χ0n) is 18.1. The van der Waals surface area contributed by atoms with Crippen LogP contribution in [0.2, 0.25) is 0 Å². The van der Waals surface area contributed by atoms with Gasteiger partial charge in [0.2, 0.25) is 5.82 Å². The molecular weight excluding hydrogens is 412 g/mol. The number of hydrogen-bond donors (Lipinski definition) is 1. The molecule has 0 amide bonds. The summed E-state index contributed by atoms with van der Waals surface area (Å²) in [6.07, 6.45) is 3.39. The number of rotatable bonds is 9. The highest BCUT2D eigenvalue weighted by molar-refractivity contribution is 5.80. The van der Waals surface area contributed by atoms with Crippen LogP contribution < -0.4 is 0 Å². The van der Waals surface area contributed by atoms with Crippen LogP contribution in [0, 0.1) is 0 Å². The van der Waals surface area contributed by atoms with Crippen LogP contribution in [0.3, 0.4) is 0 Å². The number of aromatic amines is 1. The first-order valence-corrected chi connectivity index (χ1v) is 10.7. The Bertz CT molecular complexity index is 1150. The number of nitrogens with zero attached hydrogens (tertiary/aromatic N) is 6.